The van der Waals surface area contributed by atoms with Crippen molar-refractivity contribution in [3.05, 3.63) is 29.8 Å². The van der Waals surface area contributed by atoms with E-state index in [4.69, 9.17) is 0 Å². The van der Waals surface area contributed by atoms with Gasteiger partial charge in [0.05, 0.1) is 0 Å². The van der Waals surface area contributed by atoms with Gasteiger partial charge in [0.15, 0.2) is 0 Å². The summed E-state index contributed by atoms with van der Waals surface area (Å²) < 4.78 is 0. The average Bonchev–Trinajstić information content (AvgIpc) is 2.61. The molecule has 0 N–H and O–H groups in total. The predicted octanol–water partition coefficient (Wildman–Crippen LogP) is 4.34. The Bertz CT molecular complexity index is 580. The standard InChI is InChI=1S/C21H32N2O2/c1-5-19-8-6-7-14-23(19)21(25)13-15-22(17(4)24)20-11-9-18(10-12-20)16(2)3/h9-12,16,19H,5-8,13-15H2,1-4H3. The fourth-order valence-corrected chi connectivity index (χ4v) is 3.61. The third-order valence-electron chi connectivity index (χ3n) is 5.22. The lowest BCUT2D eigenvalue weighted by Gasteiger charge is -2.35. The van der Waals surface area contributed by atoms with Gasteiger partial charge in [-0.15, -0.1) is 0 Å². The molecule has 25 heavy (non-hydrogen) atoms. The molecule has 1 fully saturated rings. The van der Waals surface area contributed by atoms with Crippen LogP contribution < -0.4 is 4.90 Å². The van der Waals surface area contributed by atoms with Crippen molar-refractivity contribution in [1.82, 2.24) is 4.90 Å². The quantitative estimate of drug-likeness (QED) is 0.770. The molecule has 1 aromatic rings. The third-order valence-corrected chi connectivity index (χ3v) is 5.22. The molecule has 2 amide bonds. The van der Waals surface area contributed by atoms with Crippen LogP contribution in [0, 0.1) is 0 Å². The van der Waals surface area contributed by atoms with E-state index >= 15 is 0 Å². The van der Waals surface area contributed by atoms with Gasteiger partial charge in [0.1, 0.15) is 0 Å². The number of benzene rings is 1. The molecule has 0 spiro atoms. The molecular weight excluding hydrogens is 312 g/mol. The maximum Gasteiger partial charge on any atom is 0.224 e. The number of hydrogen-bond donors (Lipinski definition) is 0. The molecule has 1 heterocycles. The SMILES string of the molecule is CCC1CCCCN1C(=O)CCN(C(C)=O)c1ccc(C(C)C)cc1. The largest absolute Gasteiger partial charge is 0.340 e. The van der Waals surface area contributed by atoms with Gasteiger partial charge in [0, 0.05) is 38.2 Å². The highest BCUT2D eigenvalue weighted by molar-refractivity contribution is 5.92. The summed E-state index contributed by atoms with van der Waals surface area (Å²) in [7, 11) is 0. The van der Waals surface area contributed by atoms with Crippen molar-refractivity contribution in [2.75, 3.05) is 18.0 Å². The molecule has 0 saturated carbocycles. The maximum atomic E-state index is 12.7. The second kappa shape index (κ2) is 9.02. The number of nitrogens with zero attached hydrogens (tertiary/aromatic N) is 2. The highest BCUT2D eigenvalue weighted by atomic mass is 16.2. The van der Waals surface area contributed by atoms with Gasteiger partial charge >= 0.3 is 0 Å². The third kappa shape index (κ3) is 5.07. The second-order valence-corrected chi connectivity index (χ2v) is 7.31. The van der Waals surface area contributed by atoms with Crippen molar-refractivity contribution in [3.8, 4) is 0 Å². The summed E-state index contributed by atoms with van der Waals surface area (Å²) in [6.45, 7) is 9.33. The summed E-state index contributed by atoms with van der Waals surface area (Å²) in [4.78, 5) is 28.5. The summed E-state index contributed by atoms with van der Waals surface area (Å²) in [5.74, 6) is 0.624. The highest BCUT2D eigenvalue weighted by Crippen LogP contribution is 2.22. The Morgan fingerprint density at radius 1 is 1.20 bits per heavy atom. The Hall–Kier alpha value is -1.84. The van der Waals surface area contributed by atoms with E-state index in [1.807, 2.05) is 17.0 Å². The Morgan fingerprint density at radius 2 is 1.88 bits per heavy atom. The van der Waals surface area contributed by atoms with Gasteiger partial charge in [-0.2, -0.15) is 0 Å². The highest BCUT2D eigenvalue weighted by Gasteiger charge is 2.25. The van der Waals surface area contributed by atoms with Crippen LogP contribution in [-0.4, -0.2) is 35.8 Å². The Labute approximate surface area is 152 Å². The summed E-state index contributed by atoms with van der Waals surface area (Å²) in [6.07, 6.45) is 4.82. The molecule has 1 aliphatic rings. The summed E-state index contributed by atoms with van der Waals surface area (Å²) >= 11 is 0. The second-order valence-electron chi connectivity index (χ2n) is 7.31. The minimum absolute atomic E-state index is 0.0178. The zero-order valence-corrected chi connectivity index (χ0v) is 16.1. The van der Waals surface area contributed by atoms with Crippen molar-refractivity contribution < 1.29 is 9.59 Å². The van der Waals surface area contributed by atoms with Crippen LogP contribution in [0.5, 0.6) is 0 Å². The minimum Gasteiger partial charge on any atom is -0.340 e. The monoisotopic (exact) mass is 344 g/mol. The van der Waals surface area contributed by atoms with E-state index in [1.165, 1.54) is 12.0 Å². The van der Waals surface area contributed by atoms with E-state index in [0.717, 1.165) is 31.5 Å². The number of carbonyl (C=O) groups excluding carboxylic acids is 2. The lowest BCUT2D eigenvalue weighted by molar-refractivity contribution is -0.134. The van der Waals surface area contributed by atoms with Crippen LogP contribution in [0.25, 0.3) is 0 Å². The van der Waals surface area contributed by atoms with Gasteiger partial charge in [0.25, 0.3) is 0 Å². The molecule has 1 aliphatic heterocycles. The fraction of sp³-hybridized carbons (Fsp3) is 0.619. The Kier molecular flexibility index (Phi) is 7.03. The smallest absolute Gasteiger partial charge is 0.224 e. The van der Waals surface area contributed by atoms with Gasteiger partial charge < -0.3 is 9.80 Å². The molecule has 1 atom stereocenters. The number of amides is 2. The van der Waals surface area contributed by atoms with Gasteiger partial charge in [-0.25, -0.2) is 0 Å². The molecule has 1 aromatic carbocycles. The summed E-state index contributed by atoms with van der Waals surface area (Å²) in [6, 6.07) is 8.47. The normalized spacial score (nSPS) is 17.6. The molecular formula is C21H32N2O2. The van der Waals surface area contributed by atoms with Crippen molar-refractivity contribution in [2.24, 2.45) is 0 Å². The first-order valence-electron chi connectivity index (χ1n) is 9.61. The number of rotatable bonds is 6. The van der Waals surface area contributed by atoms with E-state index in [2.05, 4.69) is 32.9 Å². The lowest BCUT2D eigenvalue weighted by Crippen LogP contribution is -2.44. The average molecular weight is 344 g/mol. The first kappa shape index (κ1) is 19.5. The first-order chi connectivity index (χ1) is 11.9. The van der Waals surface area contributed by atoms with Crippen molar-refractivity contribution >= 4 is 17.5 Å². The van der Waals surface area contributed by atoms with Crippen LogP contribution in [0.3, 0.4) is 0 Å². The maximum absolute atomic E-state index is 12.7. The predicted molar refractivity (Wildman–Crippen MR) is 103 cm³/mol. The minimum atomic E-state index is -0.0178. The molecule has 0 radical (unpaired) electrons. The molecule has 4 heteroatoms. The zero-order valence-electron chi connectivity index (χ0n) is 16.1. The van der Waals surface area contributed by atoms with E-state index < -0.39 is 0 Å². The fourth-order valence-electron chi connectivity index (χ4n) is 3.61. The van der Waals surface area contributed by atoms with Crippen LogP contribution in [-0.2, 0) is 9.59 Å². The van der Waals surface area contributed by atoms with Crippen LogP contribution in [0.2, 0.25) is 0 Å². The van der Waals surface area contributed by atoms with Crippen molar-refractivity contribution in [1.29, 1.82) is 0 Å². The van der Waals surface area contributed by atoms with Crippen LogP contribution in [0.4, 0.5) is 5.69 Å². The van der Waals surface area contributed by atoms with Crippen LogP contribution >= 0.6 is 0 Å². The van der Waals surface area contributed by atoms with Gasteiger partial charge in [0.2, 0.25) is 11.8 Å². The van der Waals surface area contributed by atoms with E-state index in [0.29, 0.717) is 24.9 Å². The molecule has 0 aromatic heterocycles. The number of likely N-dealkylation sites (tertiary alicyclic amines) is 1. The number of hydrogen-bond acceptors (Lipinski definition) is 2. The van der Waals surface area contributed by atoms with Gasteiger partial charge in [-0.3, -0.25) is 9.59 Å². The summed E-state index contributed by atoms with van der Waals surface area (Å²) in [5, 5.41) is 0. The number of piperidine rings is 1. The molecule has 4 nitrogen and oxygen atoms in total. The molecule has 1 saturated heterocycles. The molecule has 2 rings (SSSR count). The summed E-state index contributed by atoms with van der Waals surface area (Å²) in [5.41, 5.74) is 2.12. The molecule has 0 aliphatic carbocycles. The van der Waals surface area contributed by atoms with Gasteiger partial charge in [-0.1, -0.05) is 32.9 Å². The van der Waals surface area contributed by atoms with Crippen molar-refractivity contribution in [2.45, 2.75) is 71.8 Å². The Morgan fingerprint density at radius 3 is 2.44 bits per heavy atom. The zero-order chi connectivity index (χ0) is 18.4. The first-order valence-corrected chi connectivity index (χ1v) is 9.61. The van der Waals surface area contributed by atoms with Crippen LogP contribution in [0.1, 0.15) is 71.3 Å². The molecule has 1 unspecified atom stereocenters. The van der Waals surface area contributed by atoms with Crippen molar-refractivity contribution in [3.63, 3.8) is 0 Å². The van der Waals surface area contributed by atoms with E-state index in [9.17, 15) is 9.59 Å². The van der Waals surface area contributed by atoms with Gasteiger partial charge in [-0.05, 0) is 49.3 Å². The lowest BCUT2D eigenvalue weighted by atomic mass is 9.99. The number of anilines is 1. The molecule has 0 bridgehead atoms. The molecule has 138 valence electrons. The topological polar surface area (TPSA) is 40.6 Å². The Balaban J connectivity index is 2.01. The number of carbonyl (C=O) groups is 2. The van der Waals surface area contributed by atoms with Crippen LogP contribution in [0.15, 0.2) is 24.3 Å². The van der Waals surface area contributed by atoms with E-state index in [-0.39, 0.29) is 11.8 Å². The van der Waals surface area contributed by atoms with E-state index in [1.54, 1.807) is 11.8 Å².